The first kappa shape index (κ1) is 8.62. The third kappa shape index (κ3) is 2.03. The van der Waals surface area contributed by atoms with Crippen LogP contribution in [0.1, 0.15) is 5.56 Å². The molecule has 0 bridgehead atoms. The Labute approximate surface area is 81.0 Å². The fraction of sp³-hybridized carbons (Fsp3) is 0.111. The zero-order valence-electron chi connectivity index (χ0n) is 7.14. The third-order valence-corrected chi connectivity index (χ3v) is 2.34. The van der Waals surface area contributed by atoms with Crippen molar-refractivity contribution >= 4 is 18.1 Å². The fourth-order valence-electron chi connectivity index (χ4n) is 1.00. The highest BCUT2D eigenvalue weighted by Gasteiger charge is 2.05. The van der Waals surface area contributed by atoms with Crippen LogP contribution < -0.4 is 0 Å². The van der Waals surface area contributed by atoms with E-state index in [4.69, 9.17) is 9.32 Å². The lowest BCUT2D eigenvalue weighted by Gasteiger charge is -2.14. The van der Waals surface area contributed by atoms with Crippen LogP contribution in [0, 0.1) is 0 Å². The van der Waals surface area contributed by atoms with Crippen molar-refractivity contribution in [3.8, 4) is 0 Å². The molecule has 0 radical (unpaired) electrons. The van der Waals surface area contributed by atoms with Gasteiger partial charge in [0.2, 0.25) is 0 Å². The van der Waals surface area contributed by atoms with Crippen LogP contribution in [0.15, 0.2) is 35.4 Å². The van der Waals surface area contributed by atoms with E-state index in [2.05, 4.69) is 0 Å². The zero-order valence-corrected chi connectivity index (χ0v) is 7.95. The van der Waals surface area contributed by atoms with Gasteiger partial charge in [0.1, 0.15) is 0 Å². The van der Waals surface area contributed by atoms with E-state index in [0.29, 0.717) is 0 Å². The lowest BCUT2D eigenvalue weighted by molar-refractivity contribution is -0.329. The van der Waals surface area contributed by atoms with E-state index in [9.17, 15) is 0 Å². The van der Waals surface area contributed by atoms with Crippen LogP contribution in [0.25, 0.3) is 6.08 Å². The molecule has 4 heteroatoms. The molecule has 0 saturated carbocycles. The van der Waals surface area contributed by atoms with Crippen molar-refractivity contribution in [2.45, 2.75) is 4.90 Å². The Morgan fingerprint density at radius 3 is 3.08 bits per heavy atom. The van der Waals surface area contributed by atoms with Gasteiger partial charge in [0.25, 0.3) is 0 Å². The molecule has 0 atom stereocenters. The van der Waals surface area contributed by atoms with Gasteiger partial charge in [-0.25, -0.2) is 5.06 Å². The quantitative estimate of drug-likeness (QED) is 0.468. The van der Waals surface area contributed by atoms with E-state index >= 15 is 0 Å². The number of fused-ring (bicyclic) bond motifs is 1. The van der Waals surface area contributed by atoms with E-state index in [1.165, 1.54) is 17.1 Å². The molecule has 0 fully saturated rings. The SMILES string of the molecule is CN1/C=C\c2ccccc2SOO1. The first-order valence-corrected chi connectivity index (χ1v) is 4.62. The predicted molar refractivity (Wildman–Crippen MR) is 51.3 cm³/mol. The van der Waals surface area contributed by atoms with Crippen LogP contribution in [-0.2, 0) is 9.32 Å². The number of hydrogen-bond donors (Lipinski definition) is 0. The predicted octanol–water partition coefficient (Wildman–Crippen LogP) is 2.47. The van der Waals surface area contributed by atoms with Gasteiger partial charge in [0, 0.05) is 18.1 Å². The zero-order chi connectivity index (χ0) is 9.10. The van der Waals surface area contributed by atoms with Gasteiger partial charge < -0.3 is 0 Å². The number of hydroxylamine groups is 2. The molecular weight excluding hydrogens is 186 g/mol. The standard InChI is InChI=1S/C9H9NO2S/c1-10-7-6-8-4-2-3-5-9(8)13-12-11-10/h2-7H,1H3/b7-6-. The van der Waals surface area contributed by atoms with Gasteiger partial charge in [-0.15, -0.1) is 4.33 Å². The van der Waals surface area contributed by atoms with Gasteiger partial charge in [-0.1, -0.05) is 23.2 Å². The topological polar surface area (TPSA) is 21.7 Å². The van der Waals surface area contributed by atoms with Crippen molar-refractivity contribution in [2.24, 2.45) is 0 Å². The van der Waals surface area contributed by atoms with Crippen LogP contribution >= 0.6 is 12.0 Å². The van der Waals surface area contributed by atoms with Gasteiger partial charge in [0.05, 0.1) is 12.0 Å². The Hall–Kier alpha value is -0.970. The molecule has 0 amide bonds. The van der Waals surface area contributed by atoms with E-state index in [1.807, 2.05) is 30.3 Å². The lowest BCUT2D eigenvalue weighted by Crippen LogP contribution is -2.10. The molecule has 1 aliphatic rings. The number of hydrogen-bond acceptors (Lipinski definition) is 4. The largest absolute Gasteiger partial charge is 0.232 e. The van der Waals surface area contributed by atoms with Gasteiger partial charge in [0.15, 0.2) is 0 Å². The molecule has 0 aliphatic carbocycles. The van der Waals surface area contributed by atoms with E-state index in [-0.39, 0.29) is 0 Å². The summed E-state index contributed by atoms with van der Waals surface area (Å²) >= 11 is 1.21. The summed E-state index contributed by atoms with van der Waals surface area (Å²) in [5.74, 6) is 0. The summed E-state index contributed by atoms with van der Waals surface area (Å²) in [5, 5.41) is 1.50. The van der Waals surface area contributed by atoms with Gasteiger partial charge in [-0.3, -0.25) is 0 Å². The van der Waals surface area contributed by atoms with Crippen LogP contribution in [0.5, 0.6) is 0 Å². The van der Waals surface area contributed by atoms with Crippen molar-refractivity contribution in [1.82, 2.24) is 5.06 Å². The average Bonchev–Trinajstić information content (AvgIpc) is 2.13. The Morgan fingerprint density at radius 1 is 1.31 bits per heavy atom. The van der Waals surface area contributed by atoms with Gasteiger partial charge in [-0.05, 0) is 17.7 Å². The number of rotatable bonds is 0. The first-order valence-electron chi connectivity index (χ1n) is 3.87. The molecule has 0 aromatic heterocycles. The Morgan fingerprint density at radius 2 is 2.15 bits per heavy atom. The molecule has 2 rings (SSSR count). The molecule has 3 nitrogen and oxygen atoms in total. The highest BCUT2D eigenvalue weighted by molar-refractivity contribution is 7.94. The van der Waals surface area contributed by atoms with Crippen LogP contribution in [0.2, 0.25) is 0 Å². The Balaban J connectivity index is 2.34. The van der Waals surface area contributed by atoms with Gasteiger partial charge in [-0.2, -0.15) is 0 Å². The van der Waals surface area contributed by atoms with Crippen molar-refractivity contribution in [1.29, 1.82) is 0 Å². The molecule has 13 heavy (non-hydrogen) atoms. The maximum Gasteiger partial charge on any atom is 0.0714 e. The Kier molecular flexibility index (Phi) is 2.54. The summed E-state index contributed by atoms with van der Waals surface area (Å²) in [6.07, 6.45) is 3.78. The molecule has 0 unspecified atom stereocenters. The summed E-state index contributed by atoms with van der Waals surface area (Å²) in [5.41, 5.74) is 1.13. The van der Waals surface area contributed by atoms with E-state index < -0.39 is 0 Å². The minimum absolute atomic E-state index is 1.05. The maximum absolute atomic E-state index is 4.90. The summed E-state index contributed by atoms with van der Waals surface area (Å²) in [6, 6.07) is 7.97. The van der Waals surface area contributed by atoms with Crippen molar-refractivity contribution < 1.29 is 9.32 Å². The van der Waals surface area contributed by atoms with Crippen molar-refractivity contribution in [3.05, 3.63) is 36.0 Å². The number of benzene rings is 1. The fourth-order valence-corrected chi connectivity index (χ4v) is 1.57. The maximum atomic E-state index is 4.90. The van der Waals surface area contributed by atoms with E-state index in [0.717, 1.165) is 10.5 Å². The highest BCUT2D eigenvalue weighted by atomic mass is 32.2. The summed E-state index contributed by atoms with van der Waals surface area (Å²) in [7, 11) is 1.77. The molecule has 0 N–H and O–H groups in total. The molecule has 0 spiro atoms. The van der Waals surface area contributed by atoms with Gasteiger partial charge >= 0.3 is 0 Å². The van der Waals surface area contributed by atoms with Crippen LogP contribution in [0.4, 0.5) is 0 Å². The monoisotopic (exact) mass is 195 g/mol. The molecule has 1 aliphatic heterocycles. The normalized spacial score (nSPS) is 18.7. The van der Waals surface area contributed by atoms with E-state index in [1.54, 1.807) is 13.2 Å². The van der Waals surface area contributed by atoms with Crippen LogP contribution in [-0.4, -0.2) is 12.1 Å². The summed E-state index contributed by atoms with van der Waals surface area (Å²) in [4.78, 5) is 5.90. The molecule has 1 aromatic carbocycles. The third-order valence-electron chi connectivity index (χ3n) is 1.65. The summed E-state index contributed by atoms with van der Waals surface area (Å²) in [6.45, 7) is 0. The molecule has 68 valence electrons. The molecular formula is C9H9NO2S. The molecule has 1 heterocycles. The average molecular weight is 195 g/mol. The minimum atomic E-state index is 1.05. The number of nitrogens with zero attached hydrogens (tertiary/aromatic N) is 1. The highest BCUT2D eigenvalue weighted by Crippen LogP contribution is 2.26. The lowest BCUT2D eigenvalue weighted by atomic mass is 10.2. The molecule has 0 saturated heterocycles. The minimum Gasteiger partial charge on any atom is -0.232 e. The second-order valence-electron chi connectivity index (χ2n) is 2.63. The summed E-state index contributed by atoms with van der Waals surface area (Å²) < 4.78 is 4.90. The smallest absolute Gasteiger partial charge is 0.0714 e. The van der Waals surface area contributed by atoms with Crippen LogP contribution in [0.3, 0.4) is 0 Å². The molecule has 1 aromatic rings. The second kappa shape index (κ2) is 3.83. The van der Waals surface area contributed by atoms with Crippen molar-refractivity contribution in [3.63, 3.8) is 0 Å². The first-order chi connectivity index (χ1) is 6.36. The second-order valence-corrected chi connectivity index (χ2v) is 3.37. The van der Waals surface area contributed by atoms with Crippen molar-refractivity contribution in [2.75, 3.05) is 7.05 Å². The Bertz CT molecular complexity index is 327.